The SMILES string of the molecule is CCC(=O)N1C[C@H](c2ccc(F)cc2)[C@H]2CN(C(=O)c3cccnc3)CC[C@H]21. The number of hydrogen-bond acceptors (Lipinski definition) is 3. The molecule has 0 radical (unpaired) electrons. The Morgan fingerprint density at radius 1 is 1.18 bits per heavy atom. The van der Waals surface area contributed by atoms with E-state index in [2.05, 4.69) is 4.98 Å². The van der Waals surface area contributed by atoms with E-state index in [0.29, 0.717) is 31.6 Å². The van der Waals surface area contributed by atoms with Gasteiger partial charge in [0.25, 0.3) is 5.91 Å². The summed E-state index contributed by atoms with van der Waals surface area (Å²) in [6.07, 6.45) is 4.48. The molecule has 6 heteroatoms. The summed E-state index contributed by atoms with van der Waals surface area (Å²) in [6.45, 7) is 3.72. The number of rotatable bonds is 3. The second kappa shape index (κ2) is 7.70. The maximum atomic E-state index is 13.4. The van der Waals surface area contributed by atoms with Crippen molar-refractivity contribution in [2.24, 2.45) is 5.92 Å². The molecular formula is C22H24FN3O2. The summed E-state index contributed by atoms with van der Waals surface area (Å²) in [5.74, 6) is 0.106. The van der Waals surface area contributed by atoms with Crippen molar-refractivity contribution >= 4 is 11.8 Å². The summed E-state index contributed by atoms with van der Waals surface area (Å²) in [5.41, 5.74) is 1.61. The van der Waals surface area contributed by atoms with Gasteiger partial charge in [0.05, 0.1) is 5.56 Å². The topological polar surface area (TPSA) is 53.5 Å². The van der Waals surface area contributed by atoms with E-state index < -0.39 is 0 Å². The van der Waals surface area contributed by atoms with E-state index in [9.17, 15) is 14.0 Å². The van der Waals surface area contributed by atoms with Crippen LogP contribution in [0.5, 0.6) is 0 Å². The molecule has 0 aliphatic carbocycles. The third-order valence-electron chi connectivity index (χ3n) is 6.05. The van der Waals surface area contributed by atoms with Crippen LogP contribution < -0.4 is 0 Å². The molecule has 1 aromatic carbocycles. The van der Waals surface area contributed by atoms with Crippen LogP contribution in [0.15, 0.2) is 48.8 Å². The van der Waals surface area contributed by atoms with Gasteiger partial charge in [-0.15, -0.1) is 0 Å². The first kappa shape index (κ1) is 18.6. The first-order chi connectivity index (χ1) is 13.6. The second-order valence-corrected chi connectivity index (χ2v) is 7.57. The summed E-state index contributed by atoms with van der Waals surface area (Å²) < 4.78 is 13.4. The number of amides is 2. The molecule has 5 nitrogen and oxygen atoms in total. The van der Waals surface area contributed by atoms with Crippen molar-refractivity contribution in [2.45, 2.75) is 31.7 Å². The van der Waals surface area contributed by atoms with Gasteiger partial charge >= 0.3 is 0 Å². The van der Waals surface area contributed by atoms with E-state index >= 15 is 0 Å². The van der Waals surface area contributed by atoms with Crippen LogP contribution in [0.25, 0.3) is 0 Å². The number of carbonyl (C=O) groups is 2. The fourth-order valence-electron chi connectivity index (χ4n) is 4.64. The lowest BCUT2D eigenvalue weighted by Gasteiger charge is -2.39. The smallest absolute Gasteiger partial charge is 0.255 e. The predicted molar refractivity (Wildman–Crippen MR) is 103 cm³/mol. The Morgan fingerprint density at radius 2 is 1.96 bits per heavy atom. The molecule has 3 atom stereocenters. The van der Waals surface area contributed by atoms with Gasteiger partial charge in [-0.25, -0.2) is 4.39 Å². The van der Waals surface area contributed by atoms with Gasteiger partial charge < -0.3 is 9.80 Å². The van der Waals surface area contributed by atoms with Gasteiger partial charge in [-0.2, -0.15) is 0 Å². The molecule has 0 saturated carbocycles. The summed E-state index contributed by atoms with van der Waals surface area (Å²) in [4.78, 5) is 33.3. The number of halogens is 1. The molecule has 3 heterocycles. The number of hydrogen-bond donors (Lipinski definition) is 0. The molecule has 0 unspecified atom stereocenters. The van der Waals surface area contributed by atoms with Gasteiger partial charge in [-0.3, -0.25) is 14.6 Å². The lowest BCUT2D eigenvalue weighted by atomic mass is 9.81. The Labute approximate surface area is 164 Å². The van der Waals surface area contributed by atoms with Gasteiger partial charge in [-0.1, -0.05) is 19.1 Å². The van der Waals surface area contributed by atoms with Gasteiger partial charge in [0, 0.05) is 56.3 Å². The Morgan fingerprint density at radius 3 is 2.64 bits per heavy atom. The van der Waals surface area contributed by atoms with Crippen molar-refractivity contribution in [1.82, 2.24) is 14.8 Å². The highest BCUT2D eigenvalue weighted by Gasteiger charge is 2.47. The maximum Gasteiger partial charge on any atom is 0.255 e. The van der Waals surface area contributed by atoms with E-state index in [-0.39, 0.29) is 35.5 Å². The quantitative estimate of drug-likeness (QED) is 0.821. The van der Waals surface area contributed by atoms with Gasteiger partial charge in [-0.05, 0) is 36.2 Å². The van der Waals surface area contributed by atoms with Crippen LogP contribution in [0.2, 0.25) is 0 Å². The summed E-state index contributed by atoms with van der Waals surface area (Å²) >= 11 is 0. The van der Waals surface area contributed by atoms with E-state index in [1.165, 1.54) is 12.1 Å². The normalized spacial score (nSPS) is 24.1. The highest BCUT2D eigenvalue weighted by Crippen LogP contribution is 2.42. The third-order valence-corrected chi connectivity index (χ3v) is 6.05. The lowest BCUT2D eigenvalue weighted by Crippen LogP contribution is -2.49. The molecule has 0 N–H and O–H groups in total. The highest BCUT2D eigenvalue weighted by atomic mass is 19.1. The largest absolute Gasteiger partial charge is 0.339 e. The Hall–Kier alpha value is -2.76. The van der Waals surface area contributed by atoms with Crippen LogP contribution in [-0.2, 0) is 4.79 Å². The minimum Gasteiger partial charge on any atom is -0.339 e. The molecule has 2 aromatic rings. The number of fused-ring (bicyclic) bond motifs is 1. The van der Waals surface area contributed by atoms with Crippen molar-refractivity contribution in [3.63, 3.8) is 0 Å². The second-order valence-electron chi connectivity index (χ2n) is 7.57. The Balaban J connectivity index is 1.60. The third kappa shape index (κ3) is 3.39. The van der Waals surface area contributed by atoms with E-state index in [0.717, 1.165) is 12.0 Å². The first-order valence-corrected chi connectivity index (χ1v) is 9.82. The average molecular weight is 381 g/mol. The first-order valence-electron chi connectivity index (χ1n) is 9.82. The van der Waals surface area contributed by atoms with Crippen LogP contribution in [0.4, 0.5) is 4.39 Å². The molecule has 2 amide bonds. The minimum atomic E-state index is -0.267. The standard InChI is InChI=1S/C22H24FN3O2/c1-2-21(27)26-14-18(15-5-7-17(23)8-6-15)19-13-25(11-9-20(19)26)22(28)16-4-3-10-24-12-16/h3-8,10,12,18-20H,2,9,11,13-14H2,1H3/t18-,19-,20-/m1/s1. The molecule has 2 saturated heterocycles. The monoisotopic (exact) mass is 381 g/mol. The molecule has 2 fully saturated rings. The van der Waals surface area contributed by atoms with Crippen LogP contribution in [-0.4, -0.2) is 52.3 Å². The number of nitrogens with zero attached hydrogens (tertiary/aromatic N) is 3. The zero-order valence-electron chi connectivity index (χ0n) is 15.9. The van der Waals surface area contributed by atoms with Crippen molar-refractivity contribution < 1.29 is 14.0 Å². The van der Waals surface area contributed by atoms with E-state index in [1.807, 2.05) is 16.7 Å². The van der Waals surface area contributed by atoms with E-state index in [4.69, 9.17) is 0 Å². The van der Waals surface area contributed by atoms with Crippen molar-refractivity contribution in [3.05, 3.63) is 65.7 Å². The number of benzene rings is 1. The highest BCUT2D eigenvalue weighted by molar-refractivity contribution is 5.94. The minimum absolute atomic E-state index is 0.0234. The van der Waals surface area contributed by atoms with E-state index in [1.54, 1.807) is 36.7 Å². The van der Waals surface area contributed by atoms with Gasteiger partial charge in [0.15, 0.2) is 0 Å². The van der Waals surface area contributed by atoms with Crippen LogP contribution in [0, 0.1) is 11.7 Å². The summed E-state index contributed by atoms with van der Waals surface area (Å²) in [5, 5.41) is 0. The Kier molecular flexibility index (Phi) is 5.11. The average Bonchev–Trinajstić information content (AvgIpc) is 3.12. The lowest BCUT2D eigenvalue weighted by molar-refractivity contribution is -0.132. The van der Waals surface area contributed by atoms with Gasteiger partial charge in [0.2, 0.25) is 5.91 Å². The van der Waals surface area contributed by atoms with Crippen molar-refractivity contribution in [1.29, 1.82) is 0 Å². The molecule has 2 aliphatic rings. The summed E-state index contributed by atoms with van der Waals surface area (Å²) in [7, 11) is 0. The zero-order valence-corrected chi connectivity index (χ0v) is 15.9. The number of piperidine rings is 1. The molecule has 2 aliphatic heterocycles. The van der Waals surface area contributed by atoms with Crippen LogP contribution >= 0.6 is 0 Å². The molecular weight excluding hydrogens is 357 g/mol. The van der Waals surface area contributed by atoms with Crippen molar-refractivity contribution in [2.75, 3.05) is 19.6 Å². The Bertz CT molecular complexity index is 856. The zero-order chi connectivity index (χ0) is 19.7. The summed E-state index contributed by atoms with van der Waals surface area (Å²) in [6, 6.07) is 10.2. The predicted octanol–water partition coefficient (Wildman–Crippen LogP) is 3.09. The number of aromatic nitrogens is 1. The van der Waals surface area contributed by atoms with Gasteiger partial charge in [0.1, 0.15) is 5.82 Å². The molecule has 146 valence electrons. The molecule has 4 rings (SSSR count). The molecule has 0 spiro atoms. The fourth-order valence-corrected chi connectivity index (χ4v) is 4.64. The maximum absolute atomic E-state index is 13.4. The molecule has 1 aromatic heterocycles. The fraction of sp³-hybridized carbons (Fsp3) is 0.409. The van der Waals surface area contributed by atoms with Crippen LogP contribution in [0.1, 0.15) is 41.6 Å². The number of pyridine rings is 1. The molecule has 28 heavy (non-hydrogen) atoms. The molecule has 0 bridgehead atoms. The number of carbonyl (C=O) groups excluding carboxylic acids is 2. The van der Waals surface area contributed by atoms with Crippen LogP contribution in [0.3, 0.4) is 0 Å². The number of likely N-dealkylation sites (tertiary alicyclic amines) is 2. The van der Waals surface area contributed by atoms with Crippen molar-refractivity contribution in [3.8, 4) is 0 Å².